The van der Waals surface area contributed by atoms with Crippen LogP contribution in [0.4, 0.5) is 4.39 Å². The van der Waals surface area contributed by atoms with Crippen molar-refractivity contribution >= 4 is 5.91 Å². The van der Waals surface area contributed by atoms with E-state index in [1.165, 1.54) is 12.1 Å². The van der Waals surface area contributed by atoms with E-state index in [-0.39, 0.29) is 17.8 Å². The number of nitrogens with one attached hydrogen (secondary N) is 2. The van der Waals surface area contributed by atoms with Gasteiger partial charge in [0.15, 0.2) is 0 Å². The lowest BCUT2D eigenvalue weighted by Gasteiger charge is -2.25. The molecule has 3 rings (SSSR count). The Hall–Kier alpha value is -2.25. The summed E-state index contributed by atoms with van der Waals surface area (Å²) in [5.41, 5.74) is 1.24. The average molecular weight is 359 g/mol. The summed E-state index contributed by atoms with van der Waals surface area (Å²) < 4.78 is 15.4. The Bertz CT molecular complexity index is 739. The first-order chi connectivity index (χ1) is 12.5. The van der Waals surface area contributed by atoms with Gasteiger partial charge in [0, 0.05) is 19.3 Å². The van der Waals surface area contributed by atoms with E-state index < -0.39 is 0 Å². The van der Waals surface area contributed by atoms with Gasteiger partial charge in [-0.25, -0.2) is 4.39 Å². The number of piperidine rings is 1. The maximum atomic E-state index is 13.5. The summed E-state index contributed by atoms with van der Waals surface area (Å²) in [5.74, 6) is -0.490. The van der Waals surface area contributed by atoms with Gasteiger partial charge >= 0.3 is 0 Å². The fourth-order valence-electron chi connectivity index (χ4n) is 3.31. The number of hydrogen-bond acceptors (Lipinski definition) is 4. The van der Waals surface area contributed by atoms with Gasteiger partial charge in [0.25, 0.3) is 5.91 Å². The maximum Gasteiger partial charge on any atom is 0.271 e. The molecule has 1 aliphatic heterocycles. The highest BCUT2D eigenvalue weighted by Crippen LogP contribution is 2.19. The van der Waals surface area contributed by atoms with Crippen LogP contribution in [0.2, 0.25) is 0 Å². The van der Waals surface area contributed by atoms with Gasteiger partial charge < -0.3 is 15.5 Å². The van der Waals surface area contributed by atoms with Crippen molar-refractivity contribution in [2.24, 2.45) is 0 Å². The average Bonchev–Trinajstić information content (AvgIpc) is 3.12. The van der Waals surface area contributed by atoms with E-state index in [0.717, 1.165) is 31.5 Å². The molecule has 1 fully saturated rings. The first kappa shape index (κ1) is 18.5. The van der Waals surface area contributed by atoms with Crippen LogP contribution in [0.3, 0.4) is 0 Å². The Morgan fingerprint density at radius 1 is 1.46 bits per heavy atom. The van der Waals surface area contributed by atoms with Crippen molar-refractivity contribution in [3.63, 3.8) is 0 Å². The van der Waals surface area contributed by atoms with E-state index in [9.17, 15) is 9.18 Å². The lowest BCUT2D eigenvalue weighted by molar-refractivity contribution is 0.0935. The molecule has 2 unspecified atom stereocenters. The highest BCUT2D eigenvalue weighted by atomic mass is 19.1. The topological polar surface area (TPSA) is 62.2 Å². The number of benzene rings is 1. The Kier molecular flexibility index (Phi) is 6.00. The molecule has 2 atom stereocenters. The van der Waals surface area contributed by atoms with Gasteiger partial charge in [0.2, 0.25) is 0 Å². The maximum absolute atomic E-state index is 13.5. The second-order valence-corrected chi connectivity index (χ2v) is 6.93. The van der Waals surface area contributed by atoms with Gasteiger partial charge in [-0.2, -0.15) is 5.10 Å². The SMILES string of the molecule is CN(C)C(CNC(=O)c1ccn(C2CCCNC2)n1)c1cccc(F)c1. The first-order valence-electron chi connectivity index (χ1n) is 9.00. The molecule has 1 aliphatic rings. The minimum absolute atomic E-state index is 0.112. The molecule has 1 amide bonds. The van der Waals surface area contributed by atoms with E-state index in [1.54, 1.807) is 12.1 Å². The molecule has 0 bridgehead atoms. The van der Waals surface area contributed by atoms with Crippen molar-refractivity contribution in [3.05, 3.63) is 53.6 Å². The number of halogens is 1. The highest BCUT2D eigenvalue weighted by molar-refractivity contribution is 5.92. The molecule has 0 saturated carbocycles. The summed E-state index contributed by atoms with van der Waals surface area (Å²) in [4.78, 5) is 14.4. The standard InChI is InChI=1S/C19H26FN5O/c1-24(2)18(14-5-3-6-15(20)11-14)13-22-19(26)17-8-10-25(23-17)16-7-4-9-21-12-16/h3,5-6,8,10-11,16,18,21H,4,7,9,12-13H2,1-2H3,(H,22,26). The van der Waals surface area contributed by atoms with Crippen LogP contribution in [-0.4, -0.2) is 54.3 Å². The third-order valence-corrected chi connectivity index (χ3v) is 4.80. The fraction of sp³-hybridized carbons (Fsp3) is 0.474. The molecule has 1 aromatic heterocycles. The van der Waals surface area contributed by atoms with Gasteiger partial charge in [-0.3, -0.25) is 9.48 Å². The smallest absolute Gasteiger partial charge is 0.271 e. The molecule has 1 aromatic carbocycles. The molecule has 140 valence electrons. The van der Waals surface area contributed by atoms with Crippen LogP contribution < -0.4 is 10.6 Å². The molecule has 6 nitrogen and oxygen atoms in total. The number of nitrogens with zero attached hydrogens (tertiary/aromatic N) is 3. The van der Waals surface area contributed by atoms with Crippen molar-refractivity contribution in [1.29, 1.82) is 0 Å². The molecule has 26 heavy (non-hydrogen) atoms. The lowest BCUT2D eigenvalue weighted by Crippen LogP contribution is -2.35. The minimum Gasteiger partial charge on any atom is -0.349 e. The second-order valence-electron chi connectivity index (χ2n) is 6.93. The summed E-state index contributed by atoms with van der Waals surface area (Å²) in [6, 6.07) is 8.40. The van der Waals surface area contributed by atoms with Crippen LogP contribution in [0, 0.1) is 5.82 Å². The lowest BCUT2D eigenvalue weighted by atomic mass is 10.1. The van der Waals surface area contributed by atoms with Crippen LogP contribution >= 0.6 is 0 Å². The van der Waals surface area contributed by atoms with Crippen molar-refractivity contribution in [1.82, 2.24) is 25.3 Å². The van der Waals surface area contributed by atoms with Crippen molar-refractivity contribution < 1.29 is 9.18 Å². The molecule has 0 radical (unpaired) electrons. The zero-order chi connectivity index (χ0) is 18.5. The van der Waals surface area contributed by atoms with Crippen LogP contribution in [0.1, 0.15) is 41.0 Å². The van der Waals surface area contributed by atoms with Gasteiger partial charge in [0.05, 0.1) is 12.1 Å². The zero-order valence-electron chi connectivity index (χ0n) is 15.3. The molecular weight excluding hydrogens is 333 g/mol. The number of amides is 1. The van der Waals surface area contributed by atoms with Crippen molar-refractivity contribution in [2.75, 3.05) is 33.7 Å². The first-order valence-corrected chi connectivity index (χ1v) is 9.00. The molecule has 0 aliphatic carbocycles. The van der Waals surface area contributed by atoms with Crippen LogP contribution in [0.25, 0.3) is 0 Å². The van der Waals surface area contributed by atoms with Crippen molar-refractivity contribution in [3.8, 4) is 0 Å². The largest absolute Gasteiger partial charge is 0.349 e. The fourth-order valence-corrected chi connectivity index (χ4v) is 3.31. The predicted octanol–water partition coefficient (Wildman–Crippen LogP) is 1.98. The van der Waals surface area contributed by atoms with Crippen LogP contribution in [0.15, 0.2) is 36.5 Å². The van der Waals surface area contributed by atoms with Gasteiger partial charge in [0.1, 0.15) is 11.5 Å². The monoisotopic (exact) mass is 359 g/mol. The predicted molar refractivity (Wildman–Crippen MR) is 98.5 cm³/mol. The summed E-state index contributed by atoms with van der Waals surface area (Å²) >= 11 is 0. The number of rotatable bonds is 6. The summed E-state index contributed by atoms with van der Waals surface area (Å²) in [6.07, 6.45) is 4.05. The minimum atomic E-state index is -0.277. The highest BCUT2D eigenvalue weighted by Gasteiger charge is 2.20. The third kappa shape index (κ3) is 4.47. The van der Waals surface area contributed by atoms with E-state index in [4.69, 9.17) is 0 Å². The van der Waals surface area contributed by atoms with Crippen LogP contribution in [-0.2, 0) is 0 Å². The molecule has 2 heterocycles. The number of aromatic nitrogens is 2. The Morgan fingerprint density at radius 2 is 2.31 bits per heavy atom. The van der Waals surface area contributed by atoms with Gasteiger partial charge in [-0.05, 0) is 57.2 Å². The molecule has 7 heteroatoms. The van der Waals surface area contributed by atoms with Crippen molar-refractivity contribution in [2.45, 2.75) is 24.9 Å². The number of carbonyl (C=O) groups excluding carboxylic acids is 1. The molecule has 1 saturated heterocycles. The molecule has 2 N–H and O–H groups in total. The van der Waals surface area contributed by atoms with E-state index in [0.29, 0.717) is 18.3 Å². The van der Waals surface area contributed by atoms with Gasteiger partial charge in [-0.15, -0.1) is 0 Å². The molecule has 2 aromatic rings. The number of hydrogen-bond donors (Lipinski definition) is 2. The summed E-state index contributed by atoms with van der Waals surface area (Å²) in [5, 5.41) is 10.7. The van der Waals surface area contributed by atoms with E-state index in [2.05, 4.69) is 15.7 Å². The zero-order valence-corrected chi connectivity index (χ0v) is 15.3. The Labute approximate surface area is 153 Å². The summed E-state index contributed by atoms with van der Waals surface area (Å²) in [6.45, 7) is 2.30. The summed E-state index contributed by atoms with van der Waals surface area (Å²) in [7, 11) is 3.82. The number of carbonyl (C=O) groups is 1. The number of likely N-dealkylation sites (N-methyl/N-ethyl adjacent to an activating group) is 1. The third-order valence-electron chi connectivity index (χ3n) is 4.80. The van der Waals surface area contributed by atoms with Crippen LogP contribution in [0.5, 0.6) is 0 Å². The Morgan fingerprint density at radius 3 is 3.00 bits per heavy atom. The van der Waals surface area contributed by atoms with Gasteiger partial charge in [-0.1, -0.05) is 12.1 Å². The molecular formula is C19H26FN5O. The van der Waals surface area contributed by atoms with E-state index in [1.807, 2.05) is 35.9 Å². The second kappa shape index (κ2) is 8.42. The van der Waals surface area contributed by atoms with E-state index >= 15 is 0 Å². The normalized spacial score (nSPS) is 18.7. The Balaban J connectivity index is 1.62. The molecule has 0 spiro atoms. The quantitative estimate of drug-likeness (QED) is 0.828.